The largest absolute Gasteiger partial charge is 0.417 e. The molecule has 4 aromatic rings. The molecule has 1 atom stereocenters. The third kappa shape index (κ3) is 3.36. The Labute approximate surface area is 169 Å². The van der Waals surface area contributed by atoms with Crippen LogP contribution in [0, 0.1) is 13.8 Å². The first-order valence-corrected chi connectivity index (χ1v) is 9.25. The zero-order chi connectivity index (χ0) is 21.6. The molecule has 3 aromatic heterocycles. The number of carbonyl (C=O) groups excluding carboxylic acids is 1. The SMILES string of the molecule is Cc1nn(C(=O)N[C@H](C)c2ccc(C(F)(F)F)cn2)c2c(C)nc3ccccc3c12. The number of fused-ring (bicyclic) bond motifs is 3. The van der Waals surface area contributed by atoms with Gasteiger partial charge in [0.15, 0.2) is 0 Å². The molecule has 0 aliphatic carbocycles. The summed E-state index contributed by atoms with van der Waals surface area (Å²) >= 11 is 0. The minimum absolute atomic E-state index is 0.310. The molecule has 1 amide bonds. The van der Waals surface area contributed by atoms with Crippen molar-refractivity contribution in [1.29, 1.82) is 0 Å². The number of pyridine rings is 2. The summed E-state index contributed by atoms with van der Waals surface area (Å²) < 4.78 is 39.4. The molecule has 0 spiro atoms. The highest BCUT2D eigenvalue weighted by molar-refractivity contribution is 6.08. The Bertz CT molecular complexity index is 1260. The molecule has 30 heavy (non-hydrogen) atoms. The van der Waals surface area contributed by atoms with E-state index in [2.05, 4.69) is 20.4 Å². The van der Waals surface area contributed by atoms with Crippen molar-refractivity contribution in [1.82, 2.24) is 25.1 Å². The molecule has 9 heteroatoms. The molecule has 0 bridgehead atoms. The maximum atomic E-state index is 12.9. The standard InChI is InChI=1S/C21H18F3N5O/c1-11(16-9-8-14(10-25-16)21(22,23)24)27-20(30)29-19-13(3)26-17-7-5-4-6-15(17)18(19)12(2)28-29/h4-11H,1-3H3,(H,27,30)/t11-/m1/s1. The fourth-order valence-electron chi connectivity index (χ4n) is 3.50. The third-order valence-corrected chi connectivity index (χ3v) is 4.95. The fraction of sp³-hybridized carbons (Fsp3) is 0.238. The Hall–Kier alpha value is -3.49. The normalized spacial score (nSPS) is 13.0. The van der Waals surface area contributed by atoms with Crippen LogP contribution in [0.3, 0.4) is 0 Å². The van der Waals surface area contributed by atoms with Gasteiger partial charge in [-0.25, -0.2) is 4.79 Å². The highest BCUT2D eigenvalue weighted by atomic mass is 19.4. The van der Waals surface area contributed by atoms with E-state index in [-0.39, 0.29) is 0 Å². The van der Waals surface area contributed by atoms with Gasteiger partial charge in [-0.15, -0.1) is 0 Å². The predicted octanol–water partition coefficient (Wildman–Crippen LogP) is 4.93. The molecule has 0 aliphatic rings. The van der Waals surface area contributed by atoms with E-state index in [1.165, 1.54) is 10.7 Å². The van der Waals surface area contributed by atoms with Gasteiger partial charge >= 0.3 is 12.2 Å². The smallest absolute Gasteiger partial charge is 0.328 e. The number of benzene rings is 1. The summed E-state index contributed by atoms with van der Waals surface area (Å²) in [7, 11) is 0. The fourth-order valence-corrected chi connectivity index (χ4v) is 3.50. The van der Waals surface area contributed by atoms with Crippen LogP contribution < -0.4 is 5.32 Å². The summed E-state index contributed by atoms with van der Waals surface area (Å²) in [6, 6.07) is 8.68. The van der Waals surface area contributed by atoms with Gasteiger partial charge in [0, 0.05) is 17.0 Å². The zero-order valence-corrected chi connectivity index (χ0v) is 16.4. The van der Waals surface area contributed by atoms with Crippen LogP contribution in [-0.2, 0) is 6.18 Å². The maximum Gasteiger partial charge on any atom is 0.417 e. The van der Waals surface area contributed by atoms with E-state index < -0.39 is 23.8 Å². The summed E-state index contributed by atoms with van der Waals surface area (Å²) in [6.07, 6.45) is -3.71. The van der Waals surface area contributed by atoms with Crippen molar-refractivity contribution in [2.24, 2.45) is 0 Å². The van der Waals surface area contributed by atoms with Gasteiger partial charge in [-0.05, 0) is 39.0 Å². The Morgan fingerprint density at radius 1 is 1.10 bits per heavy atom. The lowest BCUT2D eigenvalue weighted by Gasteiger charge is -2.15. The second-order valence-electron chi connectivity index (χ2n) is 7.08. The van der Waals surface area contributed by atoms with Crippen molar-refractivity contribution >= 4 is 27.8 Å². The number of rotatable bonds is 2. The van der Waals surface area contributed by atoms with E-state index in [1.807, 2.05) is 31.2 Å². The van der Waals surface area contributed by atoms with Crippen molar-refractivity contribution in [3.8, 4) is 0 Å². The molecule has 4 rings (SSSR count). The molecule has 1 N–H and O–H groups in total. The number of alkyl halides is 3. The molecule has 154 valence electrons. The van der Waals surface area contributed by atoms with Crippen LogP contribution in [0.5, 0.6) is 0 Å². The van der Waals surface area contributed by atoms with Crippen molar-refractivity contribution < 1.29 is 18.0 Å². The number of carbonyl (C=O) groups is 1. The van der Waals surface area contributed by atoms with Crippen molar-refractivity contribution in [3.63, 3.8) is 0 Å². The number of halogens is 3. The van der Waals surface area contributed by atoms with Gasteiger partial charge < -0.3 is 5.32 Å². The van der Waals surface area contributed by atoms with E-state index in [1.54, 1.807) is 13.8 Å². The first-order chi connectivity index (χ1) is 14.2. The summed E-state index contributed by atoms with van der Waals surface area (Å²) in [5.41, 5.74) is 2.21. The topological polar surface area (TPSA) is 72.7 Å². The molecule has 1 aromatic carbocycles. The van der Waals surface area contributed by atoms with E-state index in [4.69, 9.17) is 0 Å². The van der Waals surface area contributed by atoms with Crippen molar-refractivity contribution in [3.05, 3.63) is 65.2 Å². The second-order valence-corrected chi connectivity index (χ2v) is 7.08. The van der Waals surface area contributed by atoms with Gasteiger partial charge in [-0.2, -0.15) is 23.0 Å². The predicted molar refractivity (Wildman–Crippen MR) is 106 cm³/mol. The Morgan fingerprint density at radius 2 is 1.83 bits per heavy atom. The number of hydrogen-bond acceptors (Lipinski definition) is 4. The van der Waals surface area contributed by atoms with Crippen molar-refractivity contribution in [2.75, 3.05) is 0 Å². The number of nitrogens with one attached hydrogen (secondary N) is 1. The lowest BCUT2D eigenvalue weighted by molar-refractivity contribution is -0.137. The van der Waals surface area contributed by atoms with Gasteiger partial charge in [-0.3, -0.25) is 9.97 Å². The summed E-state index contributed by atoms with van der Waals surface area (Å²) in [5.74, 6) is 0. The maximum absolute atomic E-state index is 12.9. The molecule has 0 saturated heterocycles. The molecule has 0 saturated carbocycles. The Balaban J connectivity index is 1.68. The molecule has 0 radical (unpaired) electrons. The Kier molecular flexibility index (Phi) is 4.68. The van der Waals surface area contributed by atoms with Gasteiger partial charge in [-0.1, -0.05) is 18.2 Å². The molecule has 0 unspecified atom stereocenters. The van der Waals surface area contributed by atoms with Crippen LogP contribution in [0.4, 0.5) is 18.0 Å². The quantitative estimate of drug-likeness (QED) is 0.506. The lowest BCUT2D eigenvalue weighted by atomic mass is 10.1. The molecular weight excluding hydrogens is 395 g/mol. The molecule has 0 aliphatic heterocycles. The van der Waals surface area contributed by atoms with Gasteiger partial charge in [0.05, 0.1) is 34.2 Å². The first-order valence-electron chi connectivity index (χ1n) is 9.25. The summed E-state index contributed by atoms with van der Waals surface area (Å²) in [4.78, 5) is 21.3. The first kappa shape index (κ1) is 19.8. The average molecular weight is 413 g/mol. The van der Waals surface area contributed by atoms with Crippen LogP contribution in [0.15, 0.2) is 42.6 Å². The Morgan fingerprint density at radius 3 is 2.50 bits per heavy atom. The van der Waals surface area contributed by atoms with E-state index >= 15 is 0 Å². The minimum Gasteiger partial charge on any atom is -0.328 e. The average Bonchev–Trinajstić information content (AvgIpc) is 3.06. The number of amides is 1. The lowest BCUT2D eigenvalue weighted by Crippen LogP contribution is -2.32. The van der Waals surface area contributed by atoms with Crippen LogP contribution in [0.1, 0.15) is 35.6 Å². The molecular formula is C21H18F3N5O. The number of aryl methyl sites for hydroxylation is 2. The van der Waals surface area contributed by atoms with Gasteiger partial charge in [0.1, 0.15) is 5.52 Å². The van der Waals surface area contributed by atoms with Crippen molar-refractivity contribution in [2.45, 2.75) is 33.0 Å². The van der Waals surface area contributed by atoms with Crippen LogP contribution in [-0.4, -0.2) is 25.8 Å². The molecule has 0 fully saturated rings. The highest BCUT2D eigenvalue weighted by Gasteiger charge is 2.31. The zero-order valence-electron chi connectivity index (χ0n) is 16.4. The summed E-state index contributed by atoms with van der Waals surface area (Å²) in [6.45, 7) is 5.27. The number of hydrogen-bond donors (Lipinski definition) is 1. The second kappa shape index (κ2) is 7.08. The van der Waals surface area contributed by atoms with E-state index in [9.17, 15) is 18.0 Å². The van der Waals surface area contributed by atoms with E-state index in [0.717, 1.165) is 28.6 Å². The summed E-state index contributed by atoms with van der Waals surface area (Å²) in [5, 5.41) is 8.87. The number of para-hydroxylation sites is 1. The van der Waals surface area contributed by atoms with Gasteiger partial charge in [0.25, 0.3) is 0 Å². The van der Waals surface area contributed by atoms with Gasteiger partial charge in [0.2, 0.25) is 0 Å². The number of aromatic nitrogens is 4. The third-order valence-electron chi connectivity index (χ3n) is 4.95. The van der Waals surface area contributed by atoms with E-state index in [0.29, 0.717) is 22.6 Å². The highest BCUT2D eigenvalue weighted by Crippen LogP contribution is 2.30. The van der Waals surface area contributed by atoms with Crippen LogP contribution in [0.2, 0.25) is 0 Å². The minimum atomic E-state index is -4.46. The monoisotopic (exact) mass is 413 g/mol. The molecule has 3 heterocycles. The van der Waals surface area contributed by atoms with Crippen LogP contribution >= 0.6 is 0 Å². The van der Waals surface area contributed by atoms with Crippen LogP contribution in [0.25, 0.3) is 21.8 Å². The number of nitrogens with zero attached hydrogens (tertiary/aromatic N) is 4. The molecule has 6 nitrogen and oxygen atoms in total.